The molecule has 0 aliphatic carbocycles. The summed E-state index contributed by atoms with van der Waals surface area (Å²) in [5.74, 6) is -2.93. The lowest BCUT2D eigenvalue weighted by atomic mass is 10.1. The van der Waals surface area contributed by atoms with Gasteiger partial charge in [0.1, 0.15) is 25.4 Å². The molecule has 5 amide bonds. The van der Waals surface area contributed by atoms with Crippen LogP contribution >= 0.6 is 0 Å². The number of hydrogen-bond acceptors (Lipinski definition) is 19. The van der Waals surface area contributed by atoms with Crippen molar-refractivity contribution < 1.29 is 66.5 Å². The highest BCUT2D eigenvalue weighted by Crippen LogP contribution is 2.32. The Labute approximate surface area is 519 Å². The first-order valence-corrected chi connectivity index (χ1v) is 30.5. The number of likely N-dealkylation sites (tertiary alicyclic amines) is 1. The van der Waals surface area contributed by atoms with E-state index in [1.165, 1.54) is 23.4 Å². The van der Waals surface area contributed by atoms with Crippen LogP contribution in [0.5, 0.6) is 5.75 Å². The van der Waals surface area contributed by atoms with E-state index in [4.69, 9.17) is 20.6 Å². The van der Waals surface area contributed by atoms with E-state index >= 15 is 0 Å². The minimum Gasteiger partial charge on any atom is -0.494 e. The van der Waals surface area contributed by atoms with Crippen LogP contribution in [0.15, 0.2) is 59.8 Å². The number of nitrogens with one attached hydrogen (secondary N) is 4. The Kier molecular flexibility index (Phi) is 29.8. The number of pyridine rings is 1. The topological polar surface area (TPSA) is 281 Å². The molecule has 0 radical (unpaired) electrons. The van der Waals surface area contributed by atoms with Crippen LogP contribution in [-0.2, 0) is 49.5 Å². The highest BCUT2D eigenvalue weighted by Gasteiger charge is 2.46. The average Bonchev–Trinajstić information content (AvgIpc) is 2.10. The van der Waals surface area contributed by atoms with E-state index in [0.717, 1.165) is 37.1 Å². The van der Waals surface area contributed by atoms with E-state index in [-0.39, 0.29) is 56.3 Å². The molecule has 3 aliphatic heterocycles. The molecule has 5 N–H and O–H groups in total. The summed E-state index contributed by atoms with van der Waals surface area (Å²) in [6.45, 7) is 8.56. The lowest BCUT2D eigenvalue weighted by Crippen LogP contribution is -2.51. The number of hydrogen-bond donors (Lipinski definition) is 5. The molecule has 0 spiro atoms. The van der Waals surface area contributed by atoms with Crippen molar-refractivity contribution in [1.29, 1.82) is 0 Å². The number of nitrogens with zero attached hydrogens (tertiary/aromatic N) is 9. The maximum Gasteiger partial charge on any atom is 0.317 e. The van der Waals surface area contributed by atoms with Gasteiger partial charge in [-0.25, -0.2) is 8.78 Å². The van der Waals surface area contributed by atoms with Gasteiger partial charge in [-0.3, -0.25) is 73.3 Å². The van der Waals surface area contributed by atoms with E-state index in [1.807, 2.05) is 26.5 Å². The number of terminal acetylenes is 1. The molecule has 2 aromatic carbocycles. The van der Waals surface area contributed by atoms with Crippen LogP contribution in [0.3, 0.4) is 0 Å². The number of hydrazone groups is 1. The van der Waals surface area contributed by atoms with Gasteiger partial charge in [0.2, 0.25) is 23.6 Å². The van der Waals surface area contributed by atoms with E-state index in [1.54, 1.807) is 29.3 Å². The fourth-order valence-corrected chi connectivity index (χ4v) is 10.6. The van der Waals surface area contributed by atoms with Crippen molar-refractivity contribution in [3.05, 3.63) is 71.4 Å². The maximum atomic E-state index is 14.0. The number of aromatic nitrogens is 1. The number of rotatable bonds is 34. The lowest BCUT2D eigenvalue weighted by Gasteiger charge is -2.34. The summed E-state index contributed by atoms with van der Waals surface area (Å²) in [4.78, 5) is 117. The summed E-state index contributed by atoms with van der Waals surface area (Å²) in [7, 11) is 0. The summed E-state index contributed by atoms with van der Waals surface area (Å²) in [5, 5.41) is 23.2. The van der Waals surface area contributed by atoms with E-state index in [2.05, 4.69) is 66.5 Å². The van der Waals surface area contributed by atoms with Crippen molar-refractivity contribution >= 4 is 65.6 Å². The van der Waals surface area contributed by atoms with Crippen molar-refractivity contribution in [2.24, 2.45) is 5.10 Å². The van der Waals surface area contributed by atoms with Gasteiger partial charge in [-0.2, -0.15) is 5.10 Å². The van der Waals surface area contributed by atoms with Crippen LogP contribution in [0.4, 0.5) is 8.78 Å². The zero-order valence-corrected chi connectivity index (χ0v) is 51.0. The number of aliphatic carboxylic acids is 1. The molecular formula is C62H87F2N13O12. The van der Waals surface area contributed by atoms with E-state index < -0.39 is 55.4 Å². The van der Waals surface area contributed by atoms with Crippen molar-refractivity contribution in [3.63, 3.8) is 0 Å². The highest BCUT2D eigenvalue weighted by atomic mass is 19.3. The van der Waals surface area contributed by atoms with Gasteiger partial charge < -0.3 is 45.1 Å². The number of unbranched alkanes of at least 4 members (excludes halogenated alkanes) is 2. The standard InChI is InChI=1S/C62H87F2N13O12/c1-3-50-39-62(63,64)43-77(50)59(83)40-67-61(86)52-20-23-65-54-19-18-51(38-53(52)54)89-37-7-6-24-71-33-35-76(36-34-71)58(82)13-9-22-68-70-55(11-4-5-21-66-56(80)12-8-10-49-16-14-48(2)15-17-49)69-57(81)41-72-25-26-73(42-60(84)85)28-30-75(45-88-47-79)32-31-74(29-27-72)44-87-46-78/h1,14-20,22-23,38,46-47,50,55,70H,4-13,21,24-37,39-45H2,2H3,(H,66,80)(H,67,86)(H,69,81)(H,84,85)/b68-22-/t50-,55?/m0/s1. The van der Waals surface area contributed by atoms with Gasteiger partial charge in [0.15, 0.2) is 0 Å². The second-order valence-corrected chi connectivity index (χ2v) is 22.5. The Morgan fingerprint density at radius 1 is 0.775 bits per heavy atom. The Balaban J connectivity index is 0.934. The number of piperazine rings is 1. The van der Waals surface area contributed by atoms with Gasteiger partial charge in [-0.1, -0.05) is 35.7 Å². The molecule has 3 aromatic rings. The number of halogens is 2. The van der Waals surface area contributed by atoms with Gasteiger partial charge in [0.25, 0.3) is 24.8 Å². The monoisotopic (exact) mass is 1240 g/mol. The van der Waals surface area contributed by atoms with Crippen molar-refractivity contribution in [3.8, 4) is 18.1 Å². The smallest absolute Gasteiger partial charge is 0.317 e. The number of carbonyl (C=O) groups is 8. The lowest BCUT2D eigenvalue weighted by molar-refractivity contribution is -0.139. The van der Waals surface area contributed by atoms with Crippen LogP contribution in [0.1, 0.15) is 85.7 Å². The summed E-state index contributed by atoms with van der Waals surface area (Å²) >= 11 is 0. The molecule has 89 heavy (non-hydrogen) atoms. The fourth-order valence-electron chi connectivity index (χ4n) is 10.6. The third-order valence-electron chi connectivity index (χ3n) is 15.7. The van der Waals surface area contributed by atoms with Crippen molar-refractivity contribution in [1.82, 2.24) is 60.7 Å². The third-order valence-corrected chi connectivity index (χ3v) is 15.7. The Hall–Kier alpha value is -7.90. The van der Waals surface area contributed by atoms with Gasteiger partial charge >= 0.3 is 5.97 Å². The molecule has 27 heteroatoms. The zero-order chi connectivity index (χ0) is 63.8. The molecule has 1 aromatic heterocycles. The molecule has 25 nitrogen and oxygen atoms in total. The first-order valence-electron chi connectivity index (χ1n) is 30.5. The first kappa shape index (κ1) is 70.2. The molecule has 486 valence electrons. The molecule has 4 heterocycles. The molecule has 0 bridgehead atoms. The minimum atomic E-state index is -3.09. The van der Waals surface area contributed by atoms with Gasteiger partial charge in [0, 0.05) is 122 Å². The van der Waals surface area contributed by atoms with Crippen LogP contribution in [0.25, 0.3) is 10.9 Å². The molecule has 6 rings (SSSR count). The summed E-state index contributed by atoms with van der Waals surface area (Å²) in [6.07, 6.45) is 13.1. The summed E-state index contributed by atoms with van der Waals surface area (Å²) in [5.41, 5.74) is 6.22. The van der Waals surface area contributed by atoms with E-state index in [9.17, 15) is 52.2 Å². The van der Waals surface area contributed by atoms with Crippen molar-refractivity contribution in [2.45, 2.75) is 95.7 Å². The van der Waals surface area contributed by atoms with Crippen LogP contribution in [0.2, 0.25) is 0 Å². The zero-order valence-electron chi connectivity index (χ0n) is 51.0. The number of amides is 5. The Morgan fingerprint density at radius 3 is 2.10 bits per heavy atom. The first-order chi connectivity index (χ1) is 43.0. The van der Waals surface area contributed by atoms with Gasteiger partial charge in [-0.05, 0) is 94.7 Å². The molecule has 1 unspecified atom stereocenters. The van der Waals surface area contributed by atoms with Gasteiger partial charge in [0.05, 0.1) is 49.9 Å². The second-order valence-electron chi connectivity index (χ2n) is 22.5. The molecule has 3 aliphatic rings. The molecule has 3 saturated heterocycles. The van der Waals surface area contributed by atoms with Crippen molar-refractivity contribution in [2.75, 3.05) is 138 Å². The normalized spacial score (nSPS) is 17.8. The Bertz CT molecular complexity index is 2840. The largest absolute Gasteiger partial charge is 0.494 e. The predicted molar refractivity (Wildman–Crippen MR) is 327 cm³/mol. The minimum absolute atomic E-state index is 0.00384. The average molecular weight is 1240 g/mol. The van der Waals surface area contributed by atoms with Crippen LogP contribution in [-0.4, -0.2) is 255 Å². The predicted octanol–water partition coefficient (Wildman–Crippen LogP) is 2.12. The molecule has 0 saturated carbocycles. The molecular weight excluding hydrogens is 1160 g/mol. The Morgan fingerprint density at radius 2 is 1.44 bits per heavy atom. The number of aryl methyl sites for hydroxylation is 2. The van der Waals surface area contributed by atoms with Crippen LogP contribution < -0.4 is 26.1 Å². The number of alkyl halides is 2. The number of carboxylic acid groups (broad SMARTS) is 1. The van der Waals surface area contributed by atoms with E-state index in [0.29, 0.717) is 153 Å². The number of fused-ring (bicyclic) bond motifs is 1. The fraction of sp³-hybridized carbons (Fsp3) is 0.581. The SMILES string of the molecule is C#C[C@H]1CC(F)(F)CN1C(=O)CNC(=O)c1ccnc2ccc(OCCCCN3CCN(C(=O)CC/C=N\NC(CCCCNC(=O)CCCc4ccc(C)cc4)NC(=O)CN4CCN(COC=O)CCN(COC=O)CCN(CC(=O)O)CC4)CC3)cc12. The summed E-state index contributed by atoms with van der Waals surface area (Å²) < 4.78 is 44.1. The number of benzene rings is 2. The summed E-state index contributed by atoms with van der Waals surface area (Å²) in [6, 6.07) is 13.9. The quantitative estimate of drug-likeness (QED) is 0.0143. The van der Waals surface area contributed by atoms with Crippen LogP contribution in [0, 0.1) is 19.3 Å². The second kappa shape index (κ2) is 37.8. The maximum absolute atomic E-state index is 14.0. The number of ether oxygens (including phenoxy) is 3. The number of carbonyl (C=O) groups excluding carboxylic acids is 7. The number of carboxylic acids is 1. The molecule has 3 fully saturated rings. The van der Waals surface area contributed by atoms with Gasteiger partial charge in [-0.15, -0.1) is 6.42 Å². The third kappa shape index (κ3) is 25.6. The molecule has 2 atom stereocenters. The highest BCUT2D eigenvalue weighted by molar-refractivity contribution is 6.07.